The number of halogens is 1. The van der Waals surface area contributed by atoms with Gasteiger partial charge < -0.3 is 0 Å². The maximum absolute atomic E-state index is 13.5. The van der Waals surface area contributed by atoms with Gasteiger partial charge >= 0.3 is 11.6 Å². The minimum atomic E-state index is -0.367. The number of hydrogen-bond acceptors (Lipinski definition) is 3. The van der Waals surface area contributed by atoms with E-state index in [2.05, 4.69) is 4.98 Å². The molecular formula is C23H23FN5O2+. The molecule has 2 aromatic carbocycles. The fraction of sp³-hybridized carbons (Fsp3) is 0.261. The highest BCUT2D eigenvalue weighted by molar-refractivity contribution is 5.70. The first-order valence-corrected chi connectivity index (χ1v) is 10.3. The summed E-state index contributed by atoms with van der Waals surface area (Å²) >= 11 is 0. The van der Waals surface area contributed by atoms with Gasteiger partial charge in [-0.25, -0.2) is 23.6 Å². The number of nitrogens with zero attached hydrogens (tertiary/aromatic N) is 4. The number of fused-ring (bicyclic) bond motifs is 3. The van der Waals surface area contributed by atoms with Crippen LogP contribution in [-0.2, 0) is 20.1 Å². The van der Waals surface area contributed by atoms with Crippen LogP contribution in [0, 0.1) is 12.7 Å². The standard InChI is InChI=1S/C23H22FN5O2/c1-15-6-3-4-7-16(15)14-29-21(30)19-20(26(2)23(29)31)25-22-27(12-5-13-28(19)22)18-10-8-17(24)9-11-18/h3-4,6-11H,5,12-14H2,1-2H3/p+1. The molecule has 8 heteroatoms. The number of anilines is 2. The van der Waals surface area contributed by atoms with Crippen molar-refractivity contribution in [3.05, 3.63) is 86.3 Å². The van der Waals surface area contributed by atoms with Gasteiger partial charge in [-0.1, -0.05) is 24.3 Å². The van der Waals surface area contributed by atoms with Crippen LogP contribution in [0.4, 0.5) is 16.0 Å². The van der Waals surface area contributed by atoms with E-state index < -0.39 is 0 Å². The number of aryl methyl sites for hydroxylation is 3. The average molecular weight is 420 g/mol. The molecule has 0 saturated heterocycles. The predicted octanol–water partition coefficient (Wildman–Crippen LogP) is 2.35. The van der Waals surface area contributed by atoms with Crippen molar-refractivity contribution in [1.82, 2.24) is 14.1 Å². The van der Waals surface area contributed by atoms with Gasteiger partial charge in [-0.15, -0.1) is 0 Å². The van der Waals surface area contributed by atoms with E-state index in [1.807, 2.05) is 40.7 Å². The molecule has 5 rings (SSSR count). The van der Waals surface area contributed by atoms with Crippen molar-refractivity contribution in [2.45, 2.75) is 26.4 Å². The van der Waals surface area contributed by atoms with Crippen LogP contribution in [0.15, 0.2) is 58.1 Å². The molecule has 1 aliphatic heterocycles. The van der Waals surface area contributed by atoms with Gasteiger partial charge in [-0.05, 0) is 42.3 Å². The Bertz CT molecular complexity index is 1420. The number of imidazole rings is 1. The van der Waals surface area contributed by atoms with Gasteiger partial charge in [-0.2, -0.15) is 0 Å². The molecule has 31 heavy (non-hydrogen) atoms. The van der Waals surface area contributed by atoms with E-state index in [-0.39, 0.29) is 23.6 Å². The lowest BCUT2D eigenvalue weighted by atomic mass is 10.1. The molecule has 0 unspecified atom stereocenters. The summed E-state index contributed by atoms with van der Waals surface area (Å²) in [4.78, 5) is 31.8. The third kappa shape index (κ3) is 3.06. The van der Waals surface area contributed by atoms with Crippen LogP contribution in [0.25, 0.3) is 11.2 Å². The van der Waals surface area contributed by atoms with Crippen molar-refractivity contribution in [3.63, 3.8) is 0 Å². The van der Waals surface area contributed by atoms with Crippen molar-refractivity contribution in [2.24, 2.45) is 7.05 Å². The van der Waals surface area contributed by atoms with Crippen LogP contribution in [-0.4, -0.2) is 20.7 Å². The highest BCUT2D eigenvalue weighted by Gasteiger charge is 2.33. The van der Waals surface area contributed by atoms with Crippen LogP contribution >= 0.6 is 0 Å². The second kappa shape index (κ2) is 7.23. The lowest BCUT2D eigenvalue weighted by molar-refractivity contribution is -0.663. The first kappa shape index (κ1) is 19.3. The molecule has 3 heterocycles. The van der Waals surface area contributed by atoms with Crippen LogP contribution < -0.4 is 20.7 Å². The summed E-state index contributed by atoms with van der Waals surface area (Å²) < 4.78 is 18.1. The largest absolute Gasteiger partial charge is 0.364 e. The highest BCUT2D eigenvalue weighted by atomic mass is 19.1. The third-order valence-corrected chi connectivity index (χ3v) is 6.03. The smallest absolute Gasteiger partial charge is 0.267 e. The van der Waals surface area contributed by atoms with Crippen molar-refractivity contribution >= 4 is 22.8 Å². The Balaban J connectivity index is 1.71. The number of nitrogens with one attached hydrogen (secondary N) is 1. The lowest BCUT2D eigenvalue weighted by Crippen LogP contribution is -2.49. The summed E-state index contributed by atoms with van der Waals surface area (Å²) in [5.41, 5.74) is 3.06. The van der Waals surface area contributed by atoms with Crippen molar-refractivity contribution < 1.29 is 8.96 Å². The van der Waals surface area contributed by atoms with Crippen LogP contribution in [0.1, 0.15) is 17.5 Å². The first-order chi connectivity index (χ1) is 15.0. The molecule has 0 aliphatic carbocycles. The maximum Gasteiger partial charge on any atom is 0.364 e. The second-order valence-corrected chi connectivity index (χ2v) is 7.94. The molecule has 0 amide bonds. The molecule has 0 radical (unpaired) electrons. The molecule has 0 fully saturated rings. The molecule has 0 saturated carbocycles. The Morgan fingerprint density at radius 2 is 1.84 bits per heavy atom. The Hall–Kier alpha value is -3.68. The second-order valence-electron chi connectivity index (χ2n) is 7.94. The monoisotopic (exact) mass is 420 g/mol. The SMILES string of the molecule is Cc1ccccc1Cn1c(=O)c2c([nH]c3[n+]2CCCN3c2ccc(F)cc2)n(C)c1=O. The fourth-order valence-electron chi connectivity index (χ4n) is 4.31. The summed E-state index contributed by atoms with van der Waals surface area (Å²) in [6.45, 7) is 3.57. The molecular weight excluding hydrogens is 397 g/mol. The van der Waals surface area contributed by atoms with E-state index in [0.29, 0.717) is 23.7 Å². The minimum absolute atomic E-state index is 0.219. The summed E-state index contributed by atoms with van der Waals surface area (Å²) in [7, 11) is 1.67. The predicted molar refractivity (Wildman–Crippen MR) is 116 cm³/mol. The van der Waals surface area contributed by atoms with E-state index in [9.17, 15) is 14.0 Å². The molecule has 0 spiro atoms. The van der Waals surface area contributed by atoms with Crippen molar-refractivity contribution in [1.29, 1.82) is 0 Å². The quantitative estimate of drug-likeness (QED) is 0.518. The molecule has 0 atom stereocenters. The summed E-state index contributed by atoms with van der Waals surface area (Å²) in [5, 5.41) is 0. The summed E-state index contributed by atoms with van der Waals surface area (Å²) in [6.07, 6.45) is 0.821. The van der Waals surface area contributed by atoms with E-state index in [0.717, 1.165) is 29.8 Å². The Labute approximate surface area is 177 Å². The van der Waals surface area contributed by atoms with Crippen LogP contribution in [0.2, 0.25) is 0 Å². The number of aromatic amines is 1. The zero-order valence-electron chi connectivity index (χ0n) is 17.4. The zero-order valence-corrected chi connectivity index (χ0v) is 17.4. The van der Waals surface area contributed by atoms with Gasteiger partial charge in [0, 0.05) is 13.5 Å². The normalized spacial score (nSPS) is 13.6. The summed E-state index contributed by atoms with van der Waals surface area (Å²) in [5.74, 6) is 0.417. The van der Waals surface area contributed by atoms with Gasteiger partial charge in [0.25, 0.3) is 5.56 Å². The molecule has 4 aromatic rings. The molecule has 1 N–H and O–H groups in total. The minimum Gasteiger partial charge on any atom is -0.267 e. The van der Waals surface area contributed by atoms with Gasteiger partial charge in [0.1, 0.15) is 11.5 Å². The van der Waals surface area contributed by atoms with Gasteiger partial charge in [0.2, 0.25) is 11.2 Å². The molecule has 0 bridgehead atoms. The molecule has 7 nitrogen and oxygen atoms in total. The lowest BCUT2D eigenvalue weighted by Gasteiger charge is -2.22. The van der Waals surface area contributed by atoms with Crippen molar-refractivity contribution in [3.8, 4) is 0 Å². The first-order valence-electron chi connectivity index (χ1n) is 10.3. The topological polar surface area (TPSA) is 66.9 Å². The number of hydrogen-bond donors (Lipinski definition) is 1. The van der Waals surface area contributed by atoms with Crippen LogP contribution in [0.3, 0.4) is 0 Å². The van der Waals surface area contributed by atoms with E-state index in [4.69, 9.17) is 0 Å². The Morgan fingerprint density at radius 1 is 1.10 bits per heavy atom. The van der Waals surface area contributed by atoms with Crippen LogP contribution in [0.5, 0.6) is 0 Å². The molecule has 158 valence electrons. The number of aromatic nitrogens is 4. The Kier molecular flexibility index (Phi) is 4.50. The highest BCUT2D eigenvalue weighted by Crippen LogP contribution is 2.26. The Morgan fingerprint density at radius 3 is 2.58 bits per heavy atom. The van der Waals surface area contributed by atoms with E-state index in [1.165, 1.54) is 21.3 Å². The van der Waals surface area contributed by atoms with Gasteiger partial charge in [0.15, 0.2) is 0 Å². The maximum atomic E-state index is 13.5. The average Bonchev–Trinajstić information content (AvgIpc) is 3.17. The zero-order chi connectivity index (χ0) is 21.7. The van der Waals surface area contributed by atoms with Gasteiger partial charge in [0.05, 0.1) is 19.6 Å². The number of H-pyrrole nitrogens is 1. The van der Waals surface area contributed by atoms with Gasteiger partial charge in [-0.3, -0.25) is 13.9 Å². The molecule has 2 aromatic heterocycles. The third-order valence-electron chi connectivity index (χ3n) is 6.03. The number of rotatable bonds is 3. The fourth-order valence-corrected chi connectivity index (χ4v) is 4.31. The van der Waals surface area contributed by atoms with E-state index in [1.54, 1.807) is 19.2 Å². The number of benzene rings is 2. The molecule has 1 aliphatic rings. The summed E-state index contributed by atoms with van der Waals surface area (Å²) in [6, 6.07) is 14.0. The van der Waals surface area contributed by atoms with Crippen molar-refractivity contribution in [2.75, 3.05) is 11.4 Å². The van der Waals surface area contributed by atoms with E-state index >= 15 is 0 Å².